The second-order valence-corrected chi connectivity index (χ2v) is 7.54. The number of hydrogen-bond acceptors (Lipinski definition) is 5. The van der Waals surface area contributed by atoms with Gasteiger partial charge in [-0.25, -0.2) is 8.42 Å². The Bertz CT molecular complexity index is 907. The number of nitro groups is 1. The number of rotatable bonds is 9. The molecule has 0 atom stereocenters. The van der Waals surface area contributed by atoms with Crippen molar-refractivity contribution in [1.82, 2.24) is 4.31 Å². The maximum absolute atomic E-state index is 12.5. The van der Waals surface area contributed by atoms with Crippen LogP contribution in [0.1, 0.15) is 19.4 Å². The van der Waals surface area contributed by atoms with E-state index < -0.39 is 14.9 Å². The topological polar surface area (TPSA) is 89.8 Å². The molecule has 7 nitrogen and oxygen atoms in total. The molecule has 2 aromatic carbocycles. The van der Waals surface area contributed by atoms with Crippen molar-refractivity contribution in [1.29, 1.82) is 0 Å². The lowest BCUT2D eigenvalue weighted by molar-refractivity contribution is -0.386. The summed E-state index contributed by atoms with van der Waals surface area (Å²) in [7, 11) is -3.78. The van der Waals surface area contributed by atoms with Crippen LogP contribution in [0, 0.1) is 10.1 Å². The van der Waals surface area contributed by atoms with Crippen LogP contribution >= 0.6 is 0 Å². The molecule has 0 aromatic heterocycles. The molecular weight excluding hydrogens is 368 g/mol. The SMILES string of the molecule is CCN(CC)S(=O)(=O)c1ccc(OCC=Cc2ccccc2)c([N+](=O)[O-])c1. The summed E-state index contributed by atoms with van der Waals surface area (Å²) in [6.45, 7) is 4.13. The van der Waals surface area contributed by atoms with Crippen LogP contribution in [-0.4, -0.2) is 37.3 Å². The van der Waals surface area contributed by atoms with Gasteiger partial charge in [-0.2, -0.15) is 4.31 Å². The summed E-state index contributed by atoms with van der Waals surface area (Å²) >= 11 is 0. The first-order chi connectivity index (χ1) is 12.9. The summed E-state index contributed by atoms with van der Waals surface area (Å²) in [5.74, 6) is 0.0243. The van der Waals surface area contributed by atoms with Crippen LogP contribution in [-0.2, 0) is 10.0 Å². The zero-order valence-electron chi connectivity index (χ0n) is 15.2. The second kappa shape index (κ2) is 9.29. The molecule has 0 saturated carbocycles. The first-order valence-electron chi connectivity index (χ1n) is 8.53. The van der Waals surface area contributed by atoms with Gasteiger partial charge in [0.25, 0.3) is 0 Å². The number of hydrogen-bond donors (Lipinski definition) is 0. The van der Waals surface area contributed by atoms with E-state index in [-0.39, 0.29) is 36.0 Å². The maximum atomic E-state index is 12.5. The Labute approximate surface area is 159 Å². The highest BCUT2D eigenvalue weighted by Gasteiger charge is 2.26. The van der Waals surface area contributed by atoms with Crippen LogP contribution in [0.15, 0.2) is 59.5 Å². The van der Waals surface area contributed by atoms with E-state index in [2.05, 4.69) is 0 Å². The smallest absolute Gasteiger partial charge is 0.312 e. The molecule has 144 valence electrons. The monoisotopic (exact) mass is 390 g/mol. The third-order valence-corrected chi connectivity index (χ3v) is 5.96. The first-order valence-corrected chi connectivity index (χ1v) is 9.97. The van der Waals surface area contributed by atoms with Crippen LogP contribution in [0.25, 0.3) is 6.08 Å². The Morgan fingerprint density at radius 2 is 1.78 bits per heavy atom. The molecule has 0 radical (unpaired) electrons. The van der Waals surface area contributed by atoms with E-state index in [1.54, 1.807) is 19.9 Å². The van der Waals surface area contributed by atoms with Gasteiger partial charge < -0.3 is 4.74 Å². The third kappa shape index (κ3) is 5.15. The van der Waals surface area contributed by atoms with Gasteiger partial charge in [0.1, 0.15) is 6.61 Å². The molecular formula is C19H22N2O5S. The fourth-order valence-electron chi connectivity index (χ4n) is 2.52. The summed E-state index contributed by atoms with van der Waals surface area (Å²) in [6.07, 6.45) is 3.57. The summed E-state index contributed by atoms with van der Waals surface area (Å²) in [5, 5.41) is 11.4. The summed E-state index contributed by atoms with van der Waals surface area (Å²) < 4.78 is 31.8. The highest BCUT2D eigenvalue weighted by atomic mass is 32.2. The lowest BCUT2D eigenvalue weighted by Gasteiger charge is -2.18. The Kier molecular flexibility index (Phi) is 7.09. The van der Waals surface area contributed by atoms with Crippen molar-refractivity contribution >= 4 is 21.8 Å². The molecule has 2 rings (SSSR count). The van der Waals surface area contributed by atoms with Gasteiger partial charge in [0.2, 0.25) is 10.0 Å². The highest BCUT2D eigenvalue weighted by molar-refractivity contribution is 7.89. The van der Waals surface area contributed by atoms with Gasteiger partial charge in [0.05, 0.1) is 9.82 Å². The quantitative estimate of drug-likeness (QED) is 0.481. The van der Waals surface area contributed by atoms with Crippen LogP contribution in [0.5, 0.6) is 5.75 Å². The van der Waals surface area contributed by atoms with Crippen molar-refractivity contribution in [3.05, 3.63) is 70.3 Å². The standard InChI is InChI=1S/C19H22N2O5S/c1-3-20(4-2)27(24,25)17-12-13-19(18(15-17)21(22)23)26-14-8-11-16-9-6-5-7-10-16/h5-13,15H,3-4,14H2,1-2H3. The minimum atomic E-state index is -3.78. The zero-order chi connectivity index (χ0) is 19.9. The molecule has 0 bridgehead atoms. The van der Waals surface area contributed by atoms with E-state index in [0.717, 1.165) is 11.6 Å². The second-order valence-electron chi connectivity index (χ2n) is 5.60. The molecule has 0 N–H and O–H groups in total. The molecule has 0 aliphatic carbocycles. The van der Waals surface area contributed by atoms with Crippen LogP contribution in [0.4, 0.5) is 5.69 Å². The normalized spacial score (nSPS) is 11.8. The van der Waals surface area contributed by atoms with Crippen molar-refractivity contribution < 1.29 is 18.1 Å². The van der Waals surface area contributed by atoms with Crippen LogP contribution in [0.2, 0.25) is 0 Å². The lowest BCUT2D eigenvalue weighted by atomic mass is 10.2. The number of ether oxygens (including phenoxy) is 1. The highest BCUT2D eigenvalue weighted by Crippen LogP contribution is 2.31. The van der Waals surface area contributed by atoms with Gasteiger partial charge in [-0.3, -0.25) is 10.1 Å². The summed E-state index contributed by atoms with van der Waals surface area (Å²) in [4.78, 5) is 10.6. The minimum absolute atomic E-state index is 0.0243. The largest absolute Gasteiger partial charge is 0.483 e. The van der Waals surface area contributed by atoms with Crippen molar-refractivity contribution in [2.24, 2.45) is 0 Å². The minimum Gasteiger partial charge on any atom is -0.483 e. The zero-order valence-corrected chi connectivity index (χ0v) is 16.1. The van der Waals surface area contributed by atoms with E-state index in [1.165, 1.54) is 16.4 Å². The van der Waals surface area contributed by atoms with Gasteiger partial charge in [-0.15, -0.1) is 0 Å². The number of nitro benzene ring substituents is 1. The van der Waals surface area contributed by atoms with E-state index in [0.29, 0.717) is 0 Å². The van der Waals surface area contributed by atoms with Crippen LogP contribution < -0.4 is 4.74 Å². The van der Waals surface area contributed by atoms with E-state index >= 15 is 0 Å². The molecule has 27 heavy (non-hydrogen) atoms. The maximum Gasteiger partial charge on any atom is 0.312 e. The molecule has 0 heterocycles. The summed E-state index contributed by atoms with van der Waals surface area (Å²) in [6, 6.07) is 13.3. The van der Waals surface area contributed by atoms with Crippen molar-refractivity contribution in [3.8, 4) is 5.75 Å². The Morgan fingerprint density at radius 1 is 1.11 bits per heavy atom. The van der Waals surface area contributed by atoms with Crippen molar-refractivity contribution in [2.75, 3.05) is 19.7 Å². The Balaban J connectivity index is 2.21. The molecule has 0 aliphatic heterocycles. The average molecular weight is 390 g/mol. The lowest BCUT2D eigenvalue weighted by Crippen LogP contribution is -2.30. The Hall–Kier alpha value is -2.71. The average Bonchev–Trinajstić information content (AvgIpc) is 2.66. The summed E-state index contributed by atoms with van der Waals surface area (Å²) in [5.41, 5.74) is 0.604. The molecule has 0 amide bonds. The number of benzene rings is 2. The van der Waals surface area contributed by atoms with E-state index in [9.17, 15) is 18.5 Å². The van der Waals surface area contributed by atoms with Crippen molar-refractivity contribution in [3.63, 3.8) is 0 Å². The molecule has 0 aliphatic rings. The van der Waals surface area contributed by atoms with Gasteiger partial charge in [-0.1, -0.05) is 50.3 Å². The molecule has 2 aromatic rings. The fourth-order valence-corrected chi connectivity index (χ4v) is 4.00. The molecule has 0 unspecified atom stereocenters. The van der Waals surface area contributed by atoms with E-state index in [1.807, 2.05) is 36.4 Å². The predicted octanol–water partition coefficient (Wildman–Crippen LogP) is 3.72. The predicted molar refractivity (Wildman–Crippen MR) is 104 cm³/mol. The molecule has 0 saturated heterocycles. The van der Waals surface area contributed by atoms with Crippen molar-refractivity contribution in [2.45, 2.75) is 18.7 Å². The van der Waals surface area contributed by atoms with Gasteiger partial charge >= 0.3 is 5.69 Å². The van der Waals surface area contributed by atoms with Gasteiger partial charge in [0.15, 0.2) is 5.75 Å². The van der Waals surface area contributed by atoms with Gasteiger partial charge in [-0.05, 0) is 23.8 Å². The number of nitrogens with zero attached hydrogens (tertiary/aromatic N) is 2. The Morgan fingerprint density at radius 3 is 2.37 bits per heavy atom. The molecule has 0 spiro atoms. The third-order valence-electron chi connectivity index (χ3n) is 3.92. The number of sulfonamides is 1. The fraction of sp³-hybridized carbons (Fsp3) is 0.263. The molecule has 8 heteroatoms. The van der Waals surface area contributed by atoms with E-state index in [4.69, 9.17) is 4.74 Å². The first kappa shape index (κ1) is 20.6. The molecule has 0 fully saturated rings. The van der Waals surface area contributed by atoms with Crippen LogP contribution in [0.3, 0.4) is 0 Å². The van der Waals surface area contributed by atoms with Gasteiger partial charge in [0, 0.05) is 19.2 Å².